The third-order valence-electron chi connectivity index (χ3n) is 6.53. The van der Waals surface area contributed by atoms with Crippen molar-refractivity contribution in [3.63, 3.8) is 0 Å². The lowest BCUT2D eigenvalue weighted by Crippen LogP contribution is -2.59. The van der Waals surface area contributed by atoms with E-state index in [-0.39, 0.29) is 11.1 Å². The zero-order valence-corrected chi connectivity index (χ0v) is 23.0. The predicted molar refractivity (Wildman–Crippen MR) is 147 cm³/mol. The molecule has 0 heterocycles. The van der Waals surface area contributed by atoms with Gasteiger partial charge < -0.3 is 55.1 Å². The largest absolute Gasteiger partial charge is 0.504 e. The summed E-state index contributed by atoms with van der Waals surface area (Å²) in [6.45, 7) is 0. The van der Waals surface area contributed by atoms with E-state index in [0.29, 0.717) is 0 Å². The maximum Gasteiger partial charge on any atom is 0.348 e. The van der Waals surface area contributed by atoms with Crippen molar-refractivity contribution in [2.24, 2.45) is 0 Å². The second-order valence-electron chi connectivity index (χ2n) is 9.84. The number of carbonyl (C=O) groups excluding carboxylic acids is 3. The van der Waals surface area contributed by atoms with E-state index in [0.717, 1.165) is 48.6 Å². The molecule has 1 aliphatic carbocycles. The van der Waals surface area contributed by atoms with Gasteiger partial charge in [-0.15, -0.1) is 0 Å². The van der Waals surface area contributed by atoms with Crippen molar-refractivity contribution >= 4 is 42.0 Å². The van der Waals surface area contributed by atoms with Crippen LogP contribution >= 0.6 is 0 Å². The monoisotopic (exact) mass is 632 g/mol. The first-order chi connectivity index (χ1) is 21.1. The molecule has 8 N–H and O–H groups in total. The zero-order chi connectivity index (χ0) is 33.5. The lowest BCUT2D eigenvalue weighted by molar-refractivity contribution is -0.213. The van der Waals surface area contributed by atoms with Gasteiger partial charge in [-0.25, -0.2) is 19.2 Å². The van der Waals surface area contributed by atoms with Crippen LogP contribution in [0.3, 0.4) is 0 Å². The minimum absolute atomic E-state index is 0.204. The first-order valence-electron chi connectivity index (χ1n) is 13.0. The molecule has 2 aromatic carbocycles. The fraction of sp³-hybridized carbons (Fsp3) is 0.276. The number of carboxylic acids is 2. The third kappa shape index (κ3) is 8.94. The molecule has 1 saturated carbocycles. The van der Waals surface area contributed by atoms with Gasteiger partial charge in [0.05, 0.1) is 6.42 Å². The van der Waals surface area contributed by atoms with Crippen LogP contribution in [0.25, 0.3) is 12.2 Å². The van der Waals surface area contributed by atoms with E-state index in [2.05, 4.69) is 0 Å². The highest BCUT2D eigenvalue weighted by molar-refractivity contribution is 5.91. The highest BCUT2D eigenvalue weighted by atomic mass is 16.6. The number of aliphatic hydroxyl groups excluding tert-OH is 2. The van der Waals surface area contributed by atoms with Crippen molar-refractivity contribution in [1.82, 2.24) is 0 Å². The molecule has 3 rings (SSSR count). The third-order valence-corrected chi connectivity index (χ3v) is 6.53. The Hall–Kier alpha value is -5.61. The molecule has 0 aliphatic heterocycles. The minimum atomic E-state index is -2.58. The molecular formula is C29H28O16. The summed E-state index contributed by atoms with van der Waals surface area (Å²) >= 11 is 0. The summed E-state index contributed by atoms with van der Waals surface area (Å²) in [5.74, 6) is -9.20. The predicted octanol–water partition coefficient (Wildman–Crippen LogP) is 0.416. The number of hydrogen-bond donors (Lipinski definition) is 8. The Labute approximate surface area is 253 Å². The Bertz CT molecular complexity index is 1530. The van der Waals surface area contributed by atoms with E-state index in [9.17, 15) is 59.7 Å². The number of hydrogen-bond acceptors (Lipinski definition) is 14. The van der Waals surface area contributed by atoms with Crippen molar-refractivity contribution < 1.29 is 79.0 Å². The molecule has 1 fully saturated rings. The van der Waals surface area contributed by atoms with Crippen LogP contribution in [0, 0.1) is 0 Å². The van der Waals surface area contributed by atoms with Crippen LogP contribution in [-0.2, 0) is 38.2 Å². The molecule has 0 unspecified atom stereocenters. The van der Waals surface area contributed by atoms with Gasteiger partial charge in [0.25, 0.3) is 0 Å². The molecule has 16 heteroatoms. The van der Waals surface area contributed by atoms with Crippen LogP contribution in [0.15, 0.2) is 48.6 Å². The molecule has 0 bridgehead atoms. The molecule has 0 amide bonds. The molecule has 0 saturated heterocycles. The van der Waals surface area contributed by atoms with Gasteiger partial charge in [-0.3, -0.25) is 4.79 Å². The van der Waals surface area contributed by atoms with Crippen LogP contribution in [0.2, 0.25) is 0 Å². The number of phenols is 4. The number of benzene rings is 2. The van der Waals surface area contributed by atoms with Crippen LogP contribution in [0.5, 0.6) is 23.0 Å². The molecule has 16 nitrogen and oxygen atoms in total. The highest BCUT2D eigenvalue weighted by Crippen LogP contribution is 2.37. The normalized spacial score (nSPS) is 22.0. The first kappa shape index (κ1) is 33.9. The van der Waals surface area contributed by atoms with Crippen molar-refractivity contribution in [2.45, 2.75) is 49.3 Å². The van der Waals surface area contributed by atoms with Crippen molar-refractivity contribution in [2.75, 3.05) is 0 Å². The van der Waals surface area contributed by atoms with E-state index < -0.39 is 102 Å². The Morgan fingerprint density at radius 1 is 0.778 bits per heavy atom. The summed E-state index contributed by atoms with van der Waals surface area (Å²) in [6.07, 6.45) is -6.66. The SMILES string of the molecule is O=C(C=Cc1ccc(O)c(O)c1)O[C@@H]1C[C@](OC(=O)C=Cc2ccc(O)c(O)c2)(C(=O)O)C[C@@H](OC(=O)C[C@H](O)C(=O)O)[C@H]1O. The van der Waals surface area contributed by atoms with Crippen LogP contribution < -0.4 is 0 Å². The molecule has 1 aliphatic rings. The Morgan fingerprint density at radius 3 is 1.73 bits per heavy atom. The summed E-state index contributed by atoms with van der Waals surface area (Å²) < 4.78 is 15.5. The number of aliphatic hydroxyl groups is 2. The number of esters is 3. The maximum atomic E-state index is 12.7. The standard InChI is InChI=1S/C29H28O16/c30-16-5-1-14(9-18(16)32)3-7-23(35)43-21-12-29(28(41)42,13-22(26(21)38)44-25(37)11-20(34)27(39)40)45-24(36)8-4-15-2-6-17(31)19(33)10-15/h1-10,20-22,26,30-34,38H,11-13H2,(H,39,40)(H,41,42)/t20-,21+,22+,26-,29+/m0/s1. The zero-order valence-electron chi connectivity index (χ0n) is 23.0. The fourth-order valence-corrected chi connectivity index (χ4v) is 4.23. The molecule has 45 heavy (non-hydrogen) atoms. The average Bonchev–Trinajstić information content (AvgIpc) is 2.96. The molecule has 240 valence electrons. The van der Waals surface area contributed by atoms with Gasteiger partial charge in [0.2, 0.25) is 5.60 Å². The summed E-state index contributed by atoms with van der Waals surface area (Å²) in [5, 5.41) is 77.3. The number of carboxylic acid groups (broad SMARTS) is 2. The fourth-order valence-electron chi connectivity index (χ4n) is 4.23. The van der Waals surface area contributed by atoms with E-state index >= 15 is 0 Å². The molecule has 0 spiro atoms. The van der Waals surface area contributed by atoms with E-state index in [1.54, 1.807) is 0 Å². The van der Waals surface area contributed by atoms with Crippen LogP contribution in [0.1, 0.15) is 30.4 Å². The number of ether oxygens (including phenoxy) is 3. The minimum Gasteiger partial charge on any atom is -0.504 e. The summed E-state index contributed by atoms with van der Waals surface area (Å²) in [4.78, 5) is 61.0. The van der Waals surface area contributed by atoms with Gasteiger partial charge in [0.15, 0.2) is 29.1 Å². The first-order valence-corrected chi connectivity index (χ1v) is 13.0. The van der Waals surface area contributed by atoms with Gasteiger partial charge in [-0.05, 0) is 47.5 Å². The van der Waals surface area contributed by atoms with Crippen molar-refractivity contribution in [1.29, 1.82) is 0 Å². The second-order valence-corrected chi connectivity index (χ2v) is 9.84. The van der Waals surface area contributed by atoms with Gasteiger partial charge in [-0.1, -0.05) is 12.1 Å². The molecule has 2 aromatic rings. The van der Waals surface area contributed by atoms with E-state index in [4.69, 9.17) is 19.3 Å². The molecule has 5 atom stereocenters. The lowest BCUT2D eigenvalue weighted by Gasteiger charge is -2.42. The van der Waals surface area contributed by atoms with E-state index in [1.165, 1.54) is 12.1 Å². The summed E-state index contributed by atoms with van der Waals surface area (Å²) in [7, 11) is 0. The quantitative estimate of drug-likeness (QED) is 0.0721. The molecular weight excluding hydrogens is 604 g/mol. The van der Waals surface area contributed by atoms with Gasteiger partial charge in [0, 0.05) is 25.0 Å². The Balaban J connectivity index is 1.87. The van der Waals surface area contributed by atoms with E-state index in [1.807, 2.05) is 0 Å². The second kappa shape index (κ2) is 14.2. The Kier molecular flexibility index (Phi) is 10.7. The average molecular weight is 633 g/mol. The van der Waals surface area contributed by atoms with Gasteiger partial charge in [-0.2, -0.15) is 0 Å². The number of aliphatic carboxylic acids is 2. The molecule has 0 aromatic heterocycles. The van der Waals surface area contributed by atoms with Crippen molar-refractivity contribution in [3.05, 3.63) is 59.7 Å². The molecule has 0 radical (unpaired) electrons. The number of aromatic hydroxyl groups is 4. The number of phenolic OH excluding ortho intramolecular Hbond substituents is 4. The smallest absolute Gasteiger partial charge is 0.348 e. The highest BCUT2D eigenvalue weighted by Gasteiger charge is 2.56. The Morgan fingerprint density at radius 2 is 1.27 bits per heavy atom. The summed E-state index contributed by atoms with van der Waals surface area (Å²) in [6, 6.07) is 7.10. The van der Waals surface area contributed by atoms with Crippen LogP contribution in [0.4, 0.5) is 0 Å². The number of carbonyl (C=O) groups is 5. The topological polar surface area (TPSA) is 275 Å². The van der Waals surface area contributed by atoms with Gasteiger partial charge in [0.1, 0.15) is 18.3 Å². The summed E-state index contributed by atoms with van der Waals surface area (Å²) in [5.41, 5.74) is -2.14. The van der Waals surface area contributed by atoms with Gasteiger partial charge >= 0.3 is 29.8 Å². The van der Waals surface area contributed by atoms with Crippen LogP contribution in [-0.4, -0.2) is 101 Å². The van der Waals surface area contributed by atoms with Crippen molar-refractivity contribution in [3.8, 4) is 23.0 Å². The maximum absolute atomic E-state index is 12.7. The number of rotatable bonds is 11. The lowest BCUT2D eigenvalue weighted by atomic mass is 9.79.